The SMILES string of the molecule is CC[C@@]1(O)C(=O)OCc2c1cc1n(c2=O)Cc2c-1nc1cc(F)c3c(c1c2C)NCO3.Cl. The Morgan fingerprint density at radius 1 is 1.28 bits per heavy atom. The van der Waals surface area contributed by atoms with Crippen LogP contribution in [-0.2, 0) is 28.3 Å². The Hall–Kier alpha value is -3.17. The number of nitrogens with zero attached hydrogens (tertiary/aromatic N) is 2. The van der Waals surface area contributed by atoms with E-state index in [1.54, 1.807) is 17.6 Å². The Bertz CT molecular complexity index is 1420. The molecule has 32 heavy (non-hydrogen) atoms. The molecule has 2 N–H and O–H groups in total. The lowest BCUT2D eigenvalue weighted by atomic mass is 9.86. The van der Waals surface area contributed by atoms with Gasteiger partial charge in [0.05, 0.1) is 34.7 Å². The maximum Gasteiger partial charge on any atom is 0.343 e. The van der Waals surface area contributed by atoms with Gasteiger partial charge in [-0.1, -0.05) is 6.92 Å². The van der Waals surface area contributed by atoms with E-state index in [-0.39, 0.29) is 61.1 Å². The highest BCUT2D eigenvalue weighted by molar-refractivity contribution is 6.00. The zero-order chi connectivity index (χ0) is 21.7. The van der Waals surface area contributed by atoms with E-state index in [4.69, 9.17) is 9.47 Å². The van der Waals surface area contributed by atoms with Gasteiger partial charge < -0.3 is 24.5 Å². The zero-order valence-electron chi connectivity index (χ0n) is 17.2. The van der Waals surface area contributed by atoms with E-state index in [0.29, 0.717) is 22.6 Å². The molecule has 1 aromatic carbocycles. The third kappa shape index (κ3) is 2.37. The Morgan fingerprint density at radius 3 is 2.81 bits per heavy atom. The third-order valence-corrected chi connectivity index (χ3v) is 6.63. The Kier molecular flexibility index (Phi) is 4.31. The van der Waals surface area contributed by atoms with Crippen molar-refractivity contribution in [3.05, 3.63) is 50.6 Å². The number of ether oxygens (including phenoxy) is 2. The highest BCUT2D eigenvalue weighted by atomic mass is 35.5. The van der Waals surface area contributed by atoms with Crippen LogP contribution in [0.25, 0.3) is 22.3 Å². The first kappa shape index (κ1) is 20.7. The molecule has 0 bridgehead atoms. The van der Waals surface area contributed by atoms with E-state index in [2.05, 4.69) is 10.3 Å². The van der Waals surface area contributed by atoms with E-state index in [1.165, 1.54) is 6.07 Å². The van der Waals surface area contributed by atoms with Crippen LogP contribution in [0.1, 0.15) is 35.6 Å². The second kappa shape index (κ2) is 6.66. The lowest BCUT2D eigenvalue weighted by Gasteiger charge is -2.31. The topological polar surface area (TPSA) is 103 Å². The molecule has 8 nitrogen and oxygen atoms in total. The Labute approximate surface area is 187 Å². The summed E-state index contributed by atoms with van der Waals surface area (Å²) in [5.41, 5.74) is 2.05. The van der Waals surface area contributed by atoms with Crippen molar-refractivity contribution in [2.75, 3.05) is 12.0 Å². The van der Waals surface area contributed by atoms with E-state index in [1.807, 2.05) is 6.92 Å². The average molecular weight is 460 g/mol. The van der Waals surface area contributed by atoms with Crippen molar-refractivity contribution in [1.82, 2.24) is 9.55 Å². The number of fused-ring (bicyclic) bond motifs is 7. The molecule has 3 aromatic rings. The highest BCUT2D eigenvalue weighted by Gasteiger charge is 2.45. The molecule has 10 heteroatoms. The van der Waals surface area contributed by atoms with Crippen molar-refractivity contribution in [1.29, 1.82) is 0 Å². The molecule has 0 unspecified atom stereocenters. The van der Waals surface area contributed by atoms with Gasteiger partial charge in [-0.25, -0.2) is 14.2 Å². The molecule has 0 radical (unpaired) electrons. The number of rotatable bonds is 1. The maximum absolute atomic E-state index is 14.5. The predicted molar refractivity (Wildman–Crippen MR) is 116 cm³/mol. The molecule has 0 saturated heterocycles. The van der Waals surface area contributed by atoms with Crippen LogP contribution in [0.2, 0.25) is 0 Å². The van der Waals surface area contributed by atoms with Gasteiger partial charge >= 0.3 is 5.97 Å². The number of aromatic nitrogens is 2. The molecule has 6 rings (SSSR count). The number of hydrogen-bond donors (Lipinski definition) is 2. The minimum atomic E-state index is -1.88. The summed E-state index contributed by atoms with van der Waals surface area (Å²) in [4.78, 5) is 30.2. The summed E-state index contributed by atoms with van der Waals surface area (Å²) < 4.78 is 26.6. The molecule has 0 saturated carbocycles. The Morgan fingerprint density at radius 2 is 2.06 bits per heavy atom. The number of hydrogen-bond acceptors (Lipinski definition) is 7. The van der Waals surface area contributed by atoms with Crippen molar-refractivity contribution in [2.24, 2.45) is 0 Å². The van der Waals surface area contributed by atoms with Gasteiger partial charge in [0.1, 0.15) is 6.61 Å². The molecule has 0 aliphatic carbocycles. The first-order chi connectivity index (χ1) is 14.8. The predicted octanol–water partition coefficient (Wildman–Crippen LogP) is 2.71. The number of esters is 1. The van der Waals surface area contributed by atoms with Crippen LogP contribution in [0.15, 0.2) is 16.9 Å². The number of anilines is 1. The van der Waals surface area contributed by atoms with Crippen LogP contribution in [0.3, 0.4) is 0 Å². The summed E-state index contributed by atoms with van der Waals surface area (Å²) in [5.74, 6) is -1.11. The number of carbonyl (C=O) groups excluding carboxylic acids is 1. The fourth-order valence-corrected chi connectivity index (χ4v) is 4.91. The van der Waals surface area contributed by atoms with Crippen molar-refractivity contribution in [3.8, 4) is 17.1 Å². The molecule has 1 atom stereocenters. The number of cyclic esters (lactones) is 1. The minimum absolute atomic E-state index is 0. The van der Waals surface area contributed by atoms with Crippen LogP contribution < -0.4 is 15.6 Å². The molecular formula is C22H19ClFN3O5. The van der Waals surface area contributed by atoms with Crippen LogP contribution in [0.4, 0.5) is 10.1 Å². The van der Waals surface area contributed by atoms with Crippen LogP contribution in [0, 0.1) is 12.7 Å². The van der Waals surface area contributed by atoms with Crippen molar-refractivity contribution in [2.45, 2.75) is 39.0 Å². The third-order valence-electron chi connectivity index (χ3n) is 6.63. The number of aryl methyl sites for hydroxylation is 1. The molecule has 5 heterocycles. The molecule has 3 aliphatic rings. The summed E-state index contributed by atoms with van der Waals surface area (Å²) in [7, 11) is 0. The van der Waals surface area contributed by atoms with Gasteiger partial charge in [-0.2, -0.15) is 0 Å². The van der Waals surface area contributed by atoms with E-state index in [0.717, 1.165) is 16.5 Å². The highest BCUT2D eigenvalue weighted by Crippen LogP contribution is 2.45. The number of nitrogens with one attached hydrogen (secondary N) is 1. The fourth-order valence-electron chi connectivity index (χ4n) is 4.91. The average Bonchev–Trinajstić information content (AvgIpc) is 3.37. The second-order valence-electron chi connectivity index (χ2n) is 8.09. The normalized spacial score (nSPS) is 19.8. The summed E-state index contributed by atoms with van der Waals surface area (Å²) >= 11 is 0. The van der Waals surface area contributed by atoms with E-state index >= 15 is 0 Å². The van der Waals surface area contributed by atoms with Crippen LogP contribution in [-0.4, -0.2) is 27.4 Å². The maximum atomic E-state index is 14.5. The van der Waals surface area contributed by atoms with E-state index in [9.17, 15) is 19.1 Å². The van der Waals surface area contributed by atoms with Gasteiger partial charge in [0, 0.05) is 22.6 Å². The molecule has 3 aliphatic heterocycles. The molecule has 166 valence electrons. The van der Waals surface area contributed by atoms with Gasteiger partial charge in [0.25, 0.3) is 5.56 Å². The van der Waals surface area contributed by atoms with E-state index < -0.39 is 17.4 Å². The largest absolute Gasteiger partial charge is 0.468 e. The molecule has 0 fully saturated rings. The summed E-state index contributed by atoms with van der Waals surface area (Å²) in [6.45, 7) is 3.85. The number of benzene rings is 1. The summed E-state index contributed by atoms with van der Waals surface area (Å²) in [5, 5.41) is 14.8. The first-order valence-corrected chi connectivity index (χ1v) is 10.0. The number of halogens is 2. The second-order valence-corrected chi connectivity index (χ2v) is 8.09. The van der Waals surface area contributed by atoms with Crippen LogP contribution in [0.5, 0.6) is 5.75 Å². The fraction of sp³-hybridized carbons (Fsp3) is 0.318. The monoisotopic (exact) mass is 459 g/mol. The van der Waals surface area contributed by atoms with Crippen LogP contribution >= 0.6 is 12.4 Å². The molecule has 0 spiro atoms. The number of pyridine rings is 2. The smallest absolute Gasteiger partial charge is 0.343 e. The van der Waals surface area contributed by atoms with Crippen molar-refractivity contribution < 1.29 is 23.8 Å². The van der Waals surface area contributed by atoms with Gasteiger partial charge in [-0.15, -0.1) is 12.4 Å². The minimum Gasteiger partial charge on any atom is -0.468 e. The van der Waals surface area contributed by atoms with Gasteiger partial charge in [-0.3, -0.25) is 4.79 Å². The van der Waals surface area contributed by atoms with Crippen molar-refractivity contribution >= 4 is 35.0 Å². The molecule has 2 aromatic heterocycles. The summed E-state index contributed by atoms with van der Waals surface area (Å²) in [6, 6.07) is 2.98. The molecular weight excluding hydrogens is 441 g/mol. The van der Waals surface area contributed by atoms with Gasteiger partial charge in [0.2, 0.25) is 0 Å². The standard InChI is InChI=1S/C22H18FN3O5.ClH/c1-3-22(29)12-4-15-17-10(6-26(15)20(27)11(12)7-30-21(22)28)9(2)16-14(25-17)5-13(23)19-18(16)24-8-31-19;/h4-5,24,29H,3,6-8H2,1-2H3;1H/t22-;/m0./s1. The summed E-state index contributed by atoms with van der Waals surface area (Å²) in [6.07, 6.45) is 0.0712. The van der Waals surface area contributed by atoms with Gasteiger partial charge in [-0.05, 0) is 25.0 Å². The van der Waals surface area contributed by atoms with Gasteiger partial charge in [0.15, 0.2) is 23.9 Å². The number of aliphatic hydroxyl groups is 1. The first-order valence-electron chi connectivity index (χ1n) is 10.0. The lowest BCUT2D eigenvalue weighted by Crippen LogP contribution is -2.44. The van der Waals surface area contributed by atoms with Crippen molar-refractivity contribution in [3.63, 3.8) is 0 Å². The number of carbonyl (C=O) groups is 1. The zero-order valence-corrected chi connectivity index (χ0v) is 18.1. The lowest BCUT2D eigenvalue weighted by molar-refractivity contribution is -0.172. The molecule has 0 amide bonds. The Balaban J connectivity index is 0.00000216. The quantitative estimate of drug-likeness (QED) is 0.422.